The predicted molar refractivity (Wildman–Crippen MR) is 133 cm³/mol. The molecule has 31 heavy (non-hydrogen) atoms. The fourth-order valence-corrected chi connectivity index (χ4v) is 5.76. The van der Waals surface area contributed by atoms with Crippen LogP contribution in [0.3, 0.4) is 0 Å². The highest BCUT2D eigenvalue weighted by Crippen LogP contribution is 2.42. The van der Waals surface area contributed by atoms with Crippen LogP contribution in [0.5, 0.6) is 0 Å². The smallest absolute Gasteiger partial charge is 0.224 e. The highest BCUT2D eigenvalue weighted by atomic mass is 15.0. The van der Waals surface area contributed by atoms with E-state index in [0.29, 0.717) is 5.92 Å². The van der Waals surface area contributed by atoms with Gasteiger partial charge < -0.3 is 4.40 Å². The summed E-state index contributed by atoms with van der Waals surface area (Å²) in [4.78, 5) is 0. The van der Waals surface area contributed by atoms with Gasteiger partial charge in [-0.1, -0.05) is 38.1 Å². The summed E-state index contributed by atoms with van der Waals surface area (Å²) in [7, 11) is 2.19. The van der Waals surface area contributed by atoms with Gasteiger partial charge in [0, 0.05) is 16.8 Å². The fraction of sp³-hybridized carbons (Fsp3) is 0.276. The lowest BCUT2D eigenvalue weighted by Gasteiger charge is -2.16. The Morgan fingerprint density at radius 3 is 2.45 bits per heavy atom. The highest BCUT2D eigenvalue weighted by Gasteiger charge is 2.25. The van der Waals surface area contributed by atoms with Crippen LogP contribution in [0.1, 0.15) is 36.1 Å². The summed E-state index contributed by atoms with van der Waals surface area (Å²) in [6, 6.07) is 16.3. The summed E-state index contributed by atoms with van der Waals surface area (Å²) < 4.78 is 4.89. The van der Waals surface area contributed by atoms with E-state index in [2.05, 4.69) is 99.3 Å². The summed E-state index contributed by atoms with van der Waals surface area (Å²) in [5.41, 5.74) is 10.9. The van der Waals surface area contributed by atoms with E-state index >= 15 is 0 Å². The highest BCUT2D eigenvalue weighted by molar-refractivity contribution is 6.26. The molecule has 2 heteroatoms. The lowest BCUT2D eigenvalue weighted by Crippen LogP contribution is -2.29. The van der Waals surface area contributed by atoms with Crippen molar-refractivity contribution in [3.8, 4) is 0 Å². The molecule has 0 aliphatic heterocycles. The van der Waals surface area contributed by atoms with Crippen LogP contribution < -0.4 is 4.57 Å². The van der Waals surface area contributed by atoms with E-state index in [0.717, 1.165) is 6.42 Å². The van der Waals surface area contributed by atoms with E-state index in [4.69, 9.17) is 0 Å². The quantitative estimate of drug-likeness (QED) is 0.168. The molecule has 3 aromatic heterocycles. The molecule has 0 aliphatic carbocycles. The number of aryl methyl sites for hydroxylation is 4. The van der Waals surface area contributed by atoms with Crippen LogP contribution in [0.25, 0.3) is 49.0 Å². The molecule has 2 nitrogen and oxygen atoms in total. The molecule has 3 aromatic carbocycles. The van der Waals surface area contributed by atoms with E-state index in [-0.39, 0.29) is 0 Å². The number of nitrogens with zero attached hydrogens (tertiary/aromatic N) is 2. The zero-order chi connectivity index (χ0) is 21.6. The van der Waals surface area contributed by atoms with Crippen molar-refractivity contribution in [1.82, 2.24) is 4.40 Å². The Kier molecular flexibility index (Phi) is 3.72. The molecule has 0 radical (unpaired) electrons. The van der Waals surface area contributed by atoms with Crippen molar-refractivity contribution in [1.29, 1.82) is 0 Å². The first-order chi connectivity index (χ1) is 14.9. The molecule has 0 spiro atoms. The Balaban J connectivity index is 2.04. The van der Waals surface area contributed by atoms with Gasteiger partial charge in [0.1, 0.15) is 7.05 Å². The molecule has 0 amide bonds. The maximum absolute atomic E-state index is 2.57. The molecule has 0 saturated carbocycles. The minimum absolute atomic E-state index is 0.632. The van der Waals surface area contributed by atoms with Crippen LogP contribution in [0.2, 0.25) is 0 Å². The number of hydrogen-bond acceptors (Lipinski definition) is 0. The summed E-state index contributed by atoms with van der Waals surface area (Å²) in [6.07, 6.45) is 3.33. The van der Waals surface area contributed by atoms with Gasteiger partial charge in [-0.2, -0.15) is 0 Å². The lowest BCUT2D eigenvalue weighted by molar-refractivity contribution is -0.643. The average Bonchev–Trinajstić information content (AvgIpc) is 3.05. The second-order valence-corrected chi connectivity index (χ2v) is 9.85. The molecule has 6 aromatic rings. The Morgan fingerprint density at radius 2 is 1.68 bits per heavy atom. The Hall–Kier alpha value is -3.13. The first-order valence-corrected chi connectivity index (χ1v) is 11.4. The van der Waals surface area contributed by atoms with Gasteiger partial charge in [0.25, 0.3) is 0 Å². The SMILES string of the molecule is Cc1cc2c3cccc(C)c3n3c4cc(CC(C)C)cc5cc[n+](C)c(c(c1C)c23)c54. The van der Waals surface area contributed by atoms with Gasteiger partial charge in [-0.15, -0.1) is 0 Å². The lowest BCUT2D eigenvalue weighted by atomic mass is 9.94. The van der Waals surface area contributed by atoms with Gasteiger partial charge in [0.15, 0.2) is 6.20 Å². The molecule has 154 valence electrons. The predicted octanol–water partition coefficient (Wildman–Crippen LogP) is 6.94. The fourth-order valence-electron chi connectivity index (χ4n) is 5.76. The number of fused-ring (bicyclic) bond motifs is 5. The minimum Gasteiger partial charge on any atom is -0.307 e. The van der Waals surface area contributed by atoms with Crippen LogP contribution in [0.15, 0.2) is 48.7 Å². The Bertz CT molecular complexity index is 1660. The molecular weight excluding hydrogens is 376 g/mol. The van der Waals surface area contributed by atoms with E-state index in [1.54, 1.807) is 0 Å². The van der Waals surface area contributed by atoms with Gasteiger partial charge in [0.2, 0.25) is 5.52 Å². The second kappa shape index (κ2) is 6.20. The molecular formula is C29H29N2+. The third-order valence-corrected chi connectivity index (χ3v) is 7.19. The summed E-state index contributed by atoms with van der Waals surface area (Å²) in [6.45, 7) is 11.4. The minimum atomic E-state index is 0.632. The Labute approximate surface area is 183 Å². The topological polar surface area (TPSA) is 8.29 Å². The molecule has 0 bridgehead atoms. The summed E-state index contributed by atoms with van der Waals surface area (Å²) >= 11 is 0. The largest absolute Gasteiger partial charge is 0.307 e. The molecule has 0 unspecified atom stereocenters. The molecule has 0 N–H and O–H groups in total. The van der Waals surface area contributed by atoms with Crippen LogP contribution in [-0.2, 0) is 13.5 Å². The first kappa shape index (κ1) is 18.6. The van der Waals surface area contributed by atoms with Crippen LogP contribution in [-0.4, -0.2) is 4.40 Å². The van der Waals surface area contributed by atoms with E-state index in [1.165, 1.54) is 71.3 Å². The van der Waals surface area contributed by atoms with Gasteiger partial charge in [-0.25, -0.2) is 4.57 Å². The zero-order valence-electron chi connectivity index (χ0n) is 19.3. The number of rotatable bonds is 2. The summed E-state index contributed by atoms with van der Waals surface area (Å²) in [5, 5.41) is 6.84. The molecule has 0 atom stereocenters. The molecule has 3 heterocycles. The van der Waals surface area contributed by atoms with Crippen molar-refractivity contribution >= 4 is 49.0 Å². The average molecular weight is 406 g/mol. The standard InChI is InChI=1S/C29H29N2/c1-16(2)12-20-14-21-10-11-30(6)29-25-19(5)18(4)13-23-22-9-7-8-17(3)27(22)31(28(23)25)24(15-20)26(21)29/h7-11,13-16H,12H2,1-6H3/q+1. The van der Waals surface area contributed by atoms with Gasteiger partial charge in [-0.3, -0.25) is 0 Å². The molecule has 6 rings (SSSR count). The normalized spacial score (nSPS) is 12.6. The van der Waals surface area contributed by atoms with Crippen LogP contribution in [0.4, 0.5) is 0 Å². The van der Waals surface area contributed by atoms with Crippen molar-refractivity contribution in [2.45, 2.75) is 41.0 Å². The van der Waals surface area contributed by atoms with Crippen molar-refractivity contribution in [2.75, 3.05) is 0 Å². The zero-order valence-corrected chi connectivity index (χ0v) is 19.3. The second-order valence-electron chi connectivity index (χ2n) is 9.85. The summed E-state index contributed by atoms with van der Waals surface area (Å²) in [5.74, 6) is 0.632. The Morgan fingerprint density at radius 1 is 0.871 bits per heavy atom. The molecule has 0 aliphatic rings. The van der Waals surface area contributed by atoms with Crippen molar-refractivity contribution < 1.29 is 4.57 Å². The molecule has 0 fully saturated rings. The van der Waals surface area contributed by atoms with Gasteiger partial charge >= 0.3 is 0 Å². The maximum Gasteiger partial charge on any atom is 0.224 e. The van der Waals surface area contributed by atoms with Crippen molar-refractivity contribution in [2.24, 2.45) is 13.0 Å². The molecule has 0 saturated heterocycles. The van der Waals surface area contributed by atoms with E-state index < -0.39 is 0 Å². The van der Waals surface area contributed by atoms with Crippen LogP contribution in [0, 0.1) is 26.7 Å². The number of aromatic nitrogens is 2. The monoisotopic (exact) mass is 405 g/mol. The van der Waals surface area contributed by atoms with Crippen molar-refractivity contribution in [3.63, 3.8) is 0 Å². The van der Waals surface area contributed by atoms with E-state index in [9.17, 15) is 0 Å². The number of benzene rings is 3. The third-order valence-electron chi connectivity index (χ3n) is 7.19. The number of pyridine rings is 2. The number of para-hydroxylation sites is 1. The van der Waals surface area contributed by atoms with E-state index in [1.807, 2.05) is 0 Å². The van der Waals surface area contributed by atoms with Crippen molar-refractivity contribution in [3.05, 3.63) is 70.9 Å². The van der Waals surface area contributed by atoms with Gasteiger partial charge in [-0.05, 0) is 72.9 Å². The van der Waals surface area contributed by atoms with Crippen LogP contribution >= 0.6 is 0 Å². The maximum atomic E-state index is 2.57. The first-order valence-electron chi connectivity index (χ1n) is 11.4. The van der Waals surface area contributed by atoms with Gasteiger partial charge in [0.05, 0.1) is 27.3 Å². The third kappa shape index (κ3) is 2.36. The number of hydrogen-bond donors (Lipinski definition) is 0.